The Hall–Kier alpha value is -2.49. The van der Waals surface area contributed by atoms with Gasteiger partial charge < -0.3 is 25.4 Å². The van der Waals surface area contributed by atoms with Crippen molar-refractivity contribution in [2.75, 3.05) is 33.8 Å². The van der Waals surface area contributed by atoms with E-state index in [-0.39, 0.29) is 21.9 Å². The van der Waals surface area contributed by atoms with Gasteiger partial charge in [0.15, 0.2) is 9.84 Å². The summed E-state index contributed by atoms with van der Waals surface area (Å²) in [5.41, 5.74) is -0.0378. The second kappa shape index (κ2) is 10.2. The van der Waals surface area contributed by atoms with Crippen LogP contribution in [0.15, 0.2) is 47.4 Å². The van der Waals surface area contributed by atoms with Crippen molar-refractivity contribution < 1.29 is 22.7 Å². The van der Waals surface area contributed by atoms with E-state index >= 15 is 0 Å². The summed E-state index contributed by atoms with van der Waals surface area (Å²) in [5.74, 6) is 1.61. The molecule has 2 aromatic carbocycles. The monoisotopic (exact) mass is 521 g/mol. The zero-order valence-electron chi connectivity index (χ0n) is 20.0. The summed E-state index contributed by atoms with van der Waals surface area (Å²) in [6.07, 6.45) is 3.67. The van der Waals surface area contributed by atoms with Crippen LogP contribution in [0.4, 0.5) is 4.79 Å². The molecule has 190 valence electrons. The van der Waals surface area contributed by atoms with Crippen LogP contribution in [-0.4, -0.2) is 53.0 Å². The van der Waals surface area contributed by atoms with E-state index in [1.54, 1.807) is 37.4 Å². The van der Waals surface area contributed by atoms with Crippen LogP contribution in [0.2, 0.25) is 5.02 Å². The fourth-order valence-corrected chi connectivity index (χ4v) is 7.73. The third kappa shape index (κ3) is 5.22. The molecule has 4 rings (SSSR count). The Morgan fingerprint density at radius 1 is 1.06 bits per heavy atom. The van der Waals surface area contributed by atoms with E-state index in [1.165, 1.54) is 19.2 Å². The van der Waals surface area contributed by atoms with Crippen LogP contribution in [0.3, 0.4) is 0 Å². The Labute approximate surface area is 211 Å². The highest BCUT2D eigenvalue weighted by Crippen LogP contribution is 2.54. The number of hydrogen-bond acceptors (Lipinski definition) is 6. The van der Waals surface area contributed by atoms with Crippen molar-refractivity contribution in [2.24, 2.45) is 5.41 Å². The Bertz CT molecular complexity index is 1170. The van der Waals surface area contributed by atoms with Gasteiger partial charge in [0, 0.05) is 13.6 Å². The molecule has 0 radical (unpaired) electrons. The maximum Gasteiger partial charge on any atom is 0.314 e. The Morgan fingerprint density at radius 3 is 2.37 bits per heavy atom. The van der Waals surface area contributed by atoms with Crippen LogP contribution >= 0.6 is 11.6 Å². The molecule has 2 aromatic rings. The van der Waals surface area contributed by atoms with E-state index in [1.807, 2.05) is 0 Å². The van der Waals surface area contributed by atoms with Crippen molar-refractivity contribution in [1.82, 2.24) is 16.0 Å². The smallest absolute Gasteiger partial charge is 0.314 e. The molecule has 1 saturated heterocycles. The third-order valence-electron chi connectivity index (χ3n) is 7.34. The number of piperidine rings is 1. The first-order chi connectivity index (χ1) is 16.7. The van der Waals surface area contributed by atoms with Gasteiger partial charge in [0.2, 0.25) is 0 Å². The summed E-state index contributed by atoms with van der Waals surface area (Å²) in [5, 5.41) is 8.85. The molecule has 3 N–H and O–H groups in total. The molecule has 0 bridgehead atoms. The minimum absolute atomic E-state index is 0.0378. The van der Waals surface area contributed by atoms with Crippen LogP contribution in [0, 0.1) is 5.41 Å². The molecule has 1 unspecified atom stereocenters. The molecular weight excluding hydrogens is 490 g/mol. The first kappa shape index (κ1) is 25.6. The number of carbonyl (C=O) groups is 1. The maximum absolute atomic E-state index is 14.1. The average molecular weight is 522 g/mol. The van der Waals surface area contributed by atoms with Gasteiger partial charge in [0.25, 0.3) is 0 Å². The normalized spacial score (nSPS) is 21.5. The minimum Gasteiger partial charge on any atom is -0.497 e. The topological polar surface area (TPSA) is 106 Å². The summed E-state index contributed by atoms with van der Waals surface area (Å²) in [4.78, 5) is 12.1. The predicted molar refractivity (Wildman–Crippen MR) is 135 cm³/mol. The fourth-order valence-electron chi connectivity index (χ4n) is 5.29. The quantitative estimate of drug-likeness (QED) is 0.506. The van der Waals surface area contributed by atoms with Gasteiger partial charge in [-0.1, -0.05) is 11.6 Å². The SMILES string of the molecule is CNC(=O)NCC1(S(=O)(=O)c2ccc(Oc3ccc(OC)cc3)c(Cl)c2)CCC2(CCNCC2)C1. The summed E-state index contributed by atoms with van der Waals surface area (Å²) < 4.78 is 38.1. The molecule has 1 saturated carbocycles. The molecule has 1 aliphatic heterocycles. The predicted octanol–water partition coefficient (Wildman–Crippen LogP) is 4.14. The van der Waals surface area contributed by atoms with Gasteiger partial charge >= 0.3 is 6.03 Å². The summed E-state index contributed by atoms with van der Waals surface area (Å²) in [7, 11) is -0.722. The zero-order valence-corrected chi connectivity index (χ0v) is 21.6. The molecule has 2 fully saturated rings. The lowest BCUT2D eigenvalue weighted by Gasteiger charge is -2.37. The summed E-state index contributed by atoms with van der Waals surface area (Å²) in [6, 6.07) is 11.2. The molecule has 2 amide bonds. The third-order valence-corrected chi connectivity index (χ3v) is 10.1. The Morgan fingerprint density at radius 2 is 1.74 bits per heavy atom. The number of urea groups is 1. The Balaban J connectivity index is 1.62. The second-order valence-corrected chi connectivity index (χ2v) is 12.2. The highest BCUT2D eigenvalue weighted by atomic mass is 35.5. The maximum atomic E-state index is 14.1. The van der Waals surface area contributed by atoms with Crippen LogP contribution in [0.5, 0.6) is 17.2 Å². The van der Waals surface area contributed by atoms with Crippen molar-refractivity contribution >= 4 is 27.5 Å². The lowest BCUT2D eigenvalue weighted by atomic mass is 9.77. The highest BCUT2D eigenvalue weighted by Gasteiger charge is 2.55. The molecule has 8 nitrogen and oxygen atoms in total. The zero-order chi connectivity index (χ0) is 25.1. The number of sulfone groups is 1. The van der Waals surface area contributed by atoms with E-state index in [0.29, 0.717) is 30.1 Å². The molecule has 1 spiro atoms. The van der Waals surface area contributed by atoms with E-state index < -0.39 is 20.6 Å². The molecule has 10 heteroatoms. The lowest BCUT2D eigenvalue weighted by Crippen LogP contribution is -2.50. The van der Waals surface area contributed by atoms with E-state index in [4.69, 9.17) is 21.1 Å². The number of methoxy groups -OCH3 is 1. The van der Waals surface area contributed by atoms with Gasteiger partial charge in [0.05, 0.1) is 21.8 Å². The Kier molecular flexibility index (Phi) is 7.49. The number of carbonyl (C=O) groups excluding carboxylic acids is 1. The van der Waals surface area contributed by atoms with Gasteiger partial charge in [-0.3, -0.25) is 0 Å². The fraction of sp³-hybridized carbons (Fsp3) is 0.480. The second-order valence-electron chi connectivity index (χ2n) is 9.42. The van der Waals surface area contributed by atoms with Crippen molar-refractivity contribution in [2.45, 2.75) is 41.7 Å². The lowest BCUT2D eigenvalue weighted by molar-refractivity contribution is 0.202. The standard InChI is InChI=1S/C25H32ClN3O5S/c1-27-23(30)29-17-25(10-9-24(16-25)11-13-28-14-12-24)35(31,32)20-7-8-22(21(26)15-20)34-19-5-3-18(33-2)4-6-19/h3-8,15,28H,9-14,16-17H2,1-2H3,(H2,27,29,30). The van der Waals surface area contributed by atoms with Gasteiger partial charge in [-0.2, -0.15) is 0 Å². The number of nitrogens with one attached hydrogen (secondary N) is 3. The first-order valence-corrected chi connectivity index (χ1v) is 13.6. The molecule has 35 heavy (non-hydrogen) atoms. The van der Waals surface area contributed by atoms with Crippen LogP contribution < -0.4 is 25.4 Å². The van der Waals surface area contributed by atoms with Crippen LogP contribution in [0.1, 0.15) is 32.1 Å². The molecule has 1 atom stereocenters. The van der Waals surface area contributed by atoms with Gasteiger partial charge in [-0.25, -0.2) is 13.2 Å². The highest BCUT2D eigenvalue weighted by molar-refractivity contribution is 7.93. The van der Waals surface area contributed by atoms with E-state index in [2.05, 4.69) is 16.0 Å². The van der Waals surface area contributed by atoms with E-state index in [0.717, 1.165) is 32.4 Å². The molecule has 1 heterocycles. The number of benzene rings is 2. The van der Waals surface area contributed by atoms with Gasteiger partial charge in [0.1, 0.15) is 17.2 Å². The largest absolute Gasteiger partial charge is 0.497 e. The summed E-state index contributed by atoms with van der Waals surface area (Å²) in [6.45, 7) is 1.80. The van der Waals surface area contributed by atoms with Gasteiger partial charge in [-0.05, 0) is 93.1 Å². The van der Waals surface area contributed by atoms with Crippen molar-refractivity contribution in [3.8, 4) is 17.2 Å². The van der Waals surface area contributed by atoms with Crippen molar-refractivity contribution in [1.29, 1.82) is 0 Å². The van der Waals surface area contributed by atoms with Crippen LogP contribution in [-0.2, 0) is 9.84 Å². The minimum atomic E-state index is -3.82. The van der Waals surface area contributed by atoms with Crippen LogP contribution in [0.25, 0.3) is 0 Å². The van der Waals surface area contributed by atoms with E-state index in [9.17, 15) is 13.2 Å². The molecule has 1 aliphatic carbocycles. The van der Waals surface area contributed by atoms with Crippen molar-refractivity contribution in [3.05, 3.63) is 47.5 Å². The first-order valence-electron chi connectivity index (χ1n) is 11.8. The molecule has 0 aromatic heterocycles. The van der Waals surface area contributed by atoms with Gasteiger partial charge in [-0.15, -0.1) is 0 Å². The number of amides is 2. The number of rotatable bonds is 7. The summed E-state index contributed by atoms with van der Waals surface area (Å²) >= 11 is 6.49. The average Bonchev–Trinajstić information content (AvgIpc) is 3.24. The number of hydrogen-bond donors (Lipinski definition) is 3. The molecule has 2 aliphatic rings. The number of ether oxygens (including phenoxy) is 2. The molecular formula is C25H32ClN3O5S. The van der Waals surface area contributed by atoms with Crippen molar-refractivity contribution in [3.63, 3.8) is 0 Å². The number of halogens is 1.